The van der Waals surface area contributed by atoms with Gasteiger partial charge in [0.1, 0.15) is 5.82 Å². The third-order valence-electron chi connectivity index (χ3n) is 3.60. The summed E-state index contributed by atoms with van der Waals surface area (Å²) in [6.45, 7) is 6.34. The van der Waals surface area contributed by atoms with E-state index in [2.05, 4.69) is 12.2 Å². The third-order valence-corrected chi connectivity index (χ3v) is 3.60. The SMILES string of the molecule is Cc1ccc(C(C)NC(=O)CCC(C)CCN)cc1F. The van der Waals surface area contributed by atoms with Crippen LogP contribution in [-0.2, 0) is 4.79 Å². The average Bonchev–Trinajstić information content (AvgIpc) is 2.40. The van der Waals surface area contributed by atoms with Gasteiger partial charge in [-0.3, -0.25) is 4.79 Å². The van der Waals surface area contributed by atoms with E-state index in [1.54, 1.807) is 13.0 Å². The number of hydrogen-bond acceptors (Lipinski definition) is 2. The van der Waals surface area contributed by atoms with E-state index < -0.39 is 0 Å². The Bertz CT molecular complexity index is 448. The molecule has 2 atom stereocenters. The predicted octanol–water partition coefficient (Wildman–Crippen LogP) is 3.08. The molecule has 0 saturated carbocycles. The number of benzene rings is 1. The Hall–Kier alpha value is -1.42. The maximum Gasteiger partial charge on any atom is 0.220 e. The smallest absolute Gasteiger partial charge is 0.220 e. The first-order valence-electron chi connectivity index (χ1n) is 7.19. The van der Waals surface area contributed by atoms with Crippen molar-refractivity contribution in [2.75, 3.05) is 6.54 Å². The first kappa shape index (κ1) is 16.6. The molecule has 1 rings (SSSR count). The second-order valence-electron chi connectivity index (χ2n) is 5.52. The van der Waals surface area contributed by atoms with E-state index in [-0.39, 0.29) is 17.8 Å². The Labute approximate surface area is 120 Å². The lowest BCUT2D eigenvalue weighted by Gasteiger charge is -2.16. The summed E-state index contributed by atoms with van der Waals surface area (Å²) >= 11 is 0. The van der Waals surface area contributed by atoms with E-state index in [4.69, 9.17) is 5.73 Å². The van der Waals surface area contributed by atoms with Crippen molar-refractivity contribution in [3.05, 3.63) is 35.1 Å². The van der Waals surface area contributed by atoms with E-state index >= 15 is 0 Å². The first-order valence-corrected chi connectivity index (χ1v) is 7.19. The minimum absolute atomic E-state index is 0.00218. The second kappa shape index (κ2) is 8.00. The zero-order valence-corrected chi connectivity index (χ0v) is 12.6. The molecule has 0 fully saturated rings. The van der Waals surface area contributed by atoms with Gasteiger partial charge in [0.05, 0.1) is 6.04 Å². The molecule has 3 N–H and O–H groups in total. The summed E-state index contributed by atoms with van der Waals surface area (Å²) in [7, 11) is 0. The number of carbonyl (C=O) groups is 1. The van der Waals surface area contributed by atoms with E-state index in [9.17, 15) is 9.18 Å². The summed E-state index contributed by atoms with van der Waals surface area (Å²) < 4.78 is 13.5. The van der Waals surface area contributed by atoms with Crippen LogP contribution in [-0.4, -0.2) is 12.5 Å². The second-order valence-corrected chi connectivity index (χ2v) is 5.52. The summed E-state index contributed by atoms with van der Waals surface area (Å²) in [5.74, 6) is 0.223. The lowest BCUT2D eigenvalue weighted by Crippen LogP contribution is -2.27. The summed E-state index contributed by atoms with van der Waals surface area (Å²) in [4.78, 5) is 11.9. The number of halogens is 1. The van der Waals surface area contributed by atoms with E-state index in [0.717, 1.165) is 18.4 Å². The van der Waals surface area contributed by atoms with Gasteiger partial charge < -0.3 is 11.1 Å². The predicted molar refractivity (Wildman–Crippen MR) is 79.8 cm³/mol. The van der Waals surface area contributed by atoms with Crippen molar-refractivity contribution >= 4 is 5.91 Å². The van der Waals surface area contributed by atoms with Gasteiger partial charge in [0.15, 0.2) is 0 Å². The molecule has 3 nitrogen and oxygen atoms in total. The van der Waals surface area contributed by atoms with E-state index in [1.807, 2.05) is 13.0 Å². The molecule has 0 spiro atoms. The summed E-state index contributed by atoms with van der Waals surface area (Å²) in [5, 5.41) is 2.90. The summed E-state index contributed by atoms with van der Waals surface area (Å²) in [6, 6.07) is 4.89. The quantitative estimate of drug-likeness (QED) is 0.806. The lowest BCUT2D eigenvalue weighted by atomic mass is 10.0. The van der Waals surface area contributed by atoms with Gasteiger partial charge >= 0.3 is 0 Å². The molecule has 0 bridgehead atoms. The maximum absolute atomic E-state index is 13.5. The van der Waals surface area contributed by atoms with Crippen molar-refractivity contribution in [1.82, 2.24) is 5.32 Å². The number of rotatable bonds is 7. The van der Waals surface area contributed by atoms with Gasteiger partial charge in [-0.05, 0) is 56.3 Å². The number of carbonyl (C=O) groups excluding carboxylic acids is 1. The van der Waals surface area contributed by atoms with Crippen molar-refractivity contribution in [3.63, 3.8) is 0 Å². The highest BCUT2D eigenvalue weighted by Crippen LogP contribution is 2.17. The standard InChI is InChI=1S/C16H25FN2O/c1-11(8-9-18)4-7-16(20)19-13(3)14-6-5-12(2)15(17)10-14/h5-6,10-11,13H,4,7-9,18H2,1-3H3,(H,19,20). The van der Waals surface area contributed by atoms with Gasteiger partial charge in [0.25, 0.3) is 0 Å². The molecule has 2 unspecified atom stereocenters. The highest BCUT2D eigenvalue weighted by molar-refractivity contribution is 5.76. The fourth-order valence-electron chi connectivity index (χ4n) is 2.08. The third kappa shape index (κ3) is 5.29. The molecule has 0 radical (unpaired) electrons. The Morgan fingerprint density at radius 2 is 2.05 bits per heavy atom. The van der Waals surface area contributed by atoms with Crippen LogP contribution in [0, 0.1) is 18.7 Å². The van der Waals surface area contributed by atoms with Gasteiger partial charge in [-0.15, -0.1) is 0 Å². The molecule has 4 heteroatoms. The summed E-state index contributed by atoms with van der Waals surface area (Å²) in [6.07, 6.45) is 2.25. The van der Waals surface area contributed by atoms with Crippen molar-refractivity contribution < 1.29 is 9.18 Å². The van der Waals surface area contributed by atoms with Crippen molar-refractivity contribution in [3.8, 4) is 0 Å². The van der Waals surface area contributed by atoms with Crippen molar-refractivity contribution in [2.24, 2.45) is 11.7 Å². The molecule has 20 heavy (non-hydrogen) atoms. The van der Waals surface area contributed by atoms with Gasteiger partial charge in [0, 0.05) is 6.42 Å². The number of hydrogen-bond donors (Lipinski definition) is 2. The summed E-state index contributed by atoms with van der Waals surface area (Å²) in [5.41, 5.74) is 6.88. The lowest BCUT2D eigenvalue weighted by molar-refractivity contribution is -0.122. The van der Waals surface area contributed by atoms with Crippen LogP contribution in [0.4, 0.5) is 4.39 Å². The van der Waals surface area contributed by atoms with Gasteiger partial charge in [-0.1, -0.05) is 19.1 Å². The molecule has 0 aliphatic carbocycles. The van der Waals surface area contributed by atoms with E-state index in [0.29, 0.717) is 24.4 Å². The normalized spacial score (nSPS) is 13.8. The highest BCUT2D eigenvalue weighted by Gasteiger charge is 2.12. The van der Waals surface area contributed by atoms with Crippen LogP contribution < -0.4 is 11.1 Å². The molecule has 0 heterocycles. The Balaban J connectivity index is 2.46. The number of amides is 1. The number of nitrogens with one attached hydrogen (secondary N) is 1. The fraction of sp³-hybridized carbons (Fsp3) is 0.562. The van der Waals surface area contributed by atoms with E-state index in [1.165, 1.54) is 6.07 Å². The molecule has 0 aliphatic heterocycles. The largest absolute Gasteiger partial charge is 0.350 e. The Morgan fingerprint density at radius 1 is 1.35 bits per heavy atom. The zero-order chi connectivity index (χ0) is 15.1. The van der Waals surface area contributed by atoms with Crippen molar-refractivity contribution in [1.29, 1.82) is 0 Å². The highest BCUT2D eigenvalue weighted by atomic mass is 19.1. The molecule has 0 saturated heterocycles. The van der Waals surface area contributed by atoms with Gasteiger partial charge in [0.2, 0.25) is 5.91 Å². The van der Waals surface area contributed by atoms with Crippen LogP contribution in [0.2, 0.25) is 0 Å². The van der Waals surface area contributed by atoms with Crippen LogP contribution in [0.3, 0.4) is 0 Å². The maximum atomic E-state index is 13.5. The fourth-order valence-corrected chi connectivity index (χ4v) is 2.08. The van der Waals surface area contributed by atoms with Crippen LogP contribution in [0.5, 0.6) is 0 Å². The monoisotopic (exact) mass is 280 g/mol. The Morgan fingerprint density at radius 3 is 2.65 bits per heavy atom. The van der Waals surface area contributed by atoms with Crippen LogP contribution >= 0.6 is 0 Å². The average molecular weight is 280 g/mol. The van der Waals surface area contributed by atoms with Gasteiger partial charge in [-0.25, -0.2) is 4.39 Å². The molecule has 1 amide bonds. The molecule has 1 aromatic carbocycles. The number of aryl methyl sites for hydroxylation is 1. The molecule has 0 aromatic heterocycles. The zero-order valence-electron chi connectivity index (χ0n) is 12.6. The Kier molecular flexibility index (Phi) is 6.65. The van der Waals surface area contributed by atoms with Gasteiger partial charge in [-0.2, -0.15) is 0 Å². The van der Waals surface area contributed by atoms with Crippen LogP contribution in [0.1, 0.15) is 50.3 Å². The van der Waals surface area contributed by atoms with Crippen LogP contribution in [0.15, 0.2) is 18.2 Å². The minimum Gasteiger partial charge on any atom is -0.350 e. The molecular formula is C16H25FN2O. The topological polar surface area (TPSA) is 55.1 Å². The van der Waals surface area contributed by atoms with Crippen molar-refractivity contribution in [2.45, 2.75) is 46.1 Å². The minimum atomic E-state index is -0.236. The molecular weight excluding hydrogens is 255 g/mol. The van der Waals surface area contributed by atoms with Crippen LogP contribution in [0.25, 0.3) is 0 Å². The number of nitrogens with two attached hydrogens (primary N) is 1. The molecule has 112 valence electrons. The first-order chi connectivity index (χ1) is 9.43. The molecule has 1 aromatic rings. The molecule has 0 aliphatic rings.